The first-order chi connectivity index (χ1) is 10.0. The maximum absolute atomic E-state index is 12.9. The van der Waals surface area contributed by atoms with Gasteiger partial charge in [0.15, 0.2) is 0 Å². The predicted octanol–water partition coefficient (Wildman–Crippen LogP) is 3.45. The summed E-state index contributed by atoms with van der Waals surface area (Å²) in [4.78, 5) is 12.9. The van der Waals surface area contributed by atoms with Gasteiger partial charge >= 0.3 is 0 Å². The fourth-order valence-electron chi connectivity index (χ4n) is 2.74. The van der Waals surface area contributed by atoms with Crippen molar-refractivity contribution in [2.24, 2.45) is 11.7 Å². The molecule has 0 radical (unpaired) electrons. The van der Waals surface area contributed by atoms with Crippen LogP contribution in [0, 0.1) is 5.92 Å². The van der Waals surface area contributed by atoms with E-state index in [1.54, 1.807) is 0 Å². The highest BCUT2D eigenvalue weighted by Crippen LogP contribution is 2.28. The average Bonchev–Trinajstić information content (AvgIpc) is 2.53. The molecular weight excluding hydrogens is 260 g/mol. The number of rotatable bonds is 8. The molecule has 0 spiro atoms. The molecular formula is C18H30N2O. The van der Waals surface area contributed by atoms with Gasteiger partial charge in [0.1, 0.15) is 0 Å². The molecule has 0 aliphatic heterocycles. The molecule has 3 heteroatoms. The first-order valence-electron chi connectivity index (χ1n) is 8.10. The summed E-state index contributed by atoms with van der Waals surface area (Å²) >= 11 is 0. The Kier molecular flexibility index (Phi) is 6.90. The van der Waals surface area contributed by atoms with E-state index in [1.165, 1.54) is 0 Å². The second-order valence-electron chi connectivity index (χ2n) is 5.95. The van der Waals surface area contributed by atoms with Crippen molar-refractivity contribution in [2.45, 2.75) is 58.4 Å². The molecule has 1 aromatic rings. The van der Waals surface area contributed by atoms with Crippen molar-refractivity contribution in [3.8, 4) is 0 Å². The molecule has 3 nitrogen and oxygen atoms in total. The topological polar surface area (TPSA) is 55.1 Å². The average molecular weight is 290 g/mol. The van der Waals surface area contributed by atoms with Crippen LogP contribution in [0.1, 0.15) is 58.4 Å². The number of carbonyl (C=O) groups is 1. The standard InChI is InChI=1S/C18H30N2O/c1-5-14(4)16(15-11-9-8-10-12-15)17(21)20-18(6-2,7-3)13-19/h8-12,14,16H,5-7,13,19H2,1-4H3,(H,20,21). The van der Waals surface area contributed by atoms with Crippen LogP contribution in [0.15, 0.2) is 30.3 Å². The minimum absolute atomic E-state index is 0.102. The Morgan fingerprint density at radius 2 is 1.76 bits per heavy atom. The summed E-state index contributed by atoms with van der Waals surface area (Å²) in [6.07, 6.45) is 2.68. The summed E-state index contributed by atoms with van der Waals surface area (Å²) in [5.41, 5.74) is 6.72. The lowest BCUT2D eigenvalue weighted by atomic mass is 9.83. The lowest BCUT2D eigenvalue weighted by molar-refractivity contribution is -0.125. The zero-order valence-electron chi connectivity index (χ0n) is 13.9. The lowest BCUT2D eigenvalue weighted by Gasteiger charge is -2.34. The Balaban J connectivity index is 3.02. The molecule has 0 fully saturated rings. The van der Waals surface area contributed by atoms with Gasteiger partial charge in [-0.25, -0.2) is 0 Å². The van der Waals surface area contributed by atoms with Crippen LogP contribution >= 0.6 is 0 Å². The van der Waals surface area contributed by atoms with E-state index >= 15 is 0 Å². The molecule has 0 bridgehead atoms. The zero-order valence-corrected chi connectivity index (χ0v) is 13.9. The van der Waals surface area contributed by atoms with Gasteiger partial charge in [-0.15, -0.1) is 0 Å². The summed E-state index contributed by atoms with van der Waals surface area (Å²) in [6, 6.07) is 10.1. The SMILES string of the molecule is CCC(C)C(C(=O)NC(CC)(CC)CN)c1ccccc1. The Labute approximate surface area is 129 Å². The quantitative estimate of drug-likeness (QED) is 0.770. The van der Waals surface area contributed by atoms with Gasteiger partial charge in [0.05, 0.1) is 11.5 Å². The molecule has 0 saturated heterocycles. The monoisotopic (exact) mass is 290 g/mol. The van der Waals surface area contributed by atoms with E-state index in [0.29, 0.717) is 12.5 Å². The first kappa shape index (κ1) is 17.7. The van der Waals surface area contributed by atoms with Crippen LogP contribution in [-0.4, -0.2) is 18.0 Å². The normalized spacial score (nSPS) is 14.5. The predicted molar refractivity (Wildman–Crippen MR) is 89.1 cm³/mol. The van der Waals surface area contributed by atoms with Crippen molar-refractivity contribution in [1.29, 1.82) is 0 Å². The summed E-state index contributed by atoms with van der Waals surface area (Å²) in [7, 11) is 0. The second kappa shape index (κ2) is 8.18. The highest BCUT2D eigenvalue weighted by molar-refractivity contribution is 5.84. The van der Waals surface area contributed by atoms with Gasteiger partial charge in [0.2, 0.25) is 5.91 Å². The lowest BCUT2D eigenvalue weighted by Crippen LogP contribution is -2.54. The highest BCUT2D eigenvalue weighted by atomic mass is 16.2. The van der Waals surface area contributed by atoms with Gasteiger partial charge in [0, 0.05) is 6.54 Å². The minimum atomic E-state index is -0.280. The smallest absolute Gasteiger partial charge is 0.228 e. The van der Waals surface area contributed by atoms with Crippen molar-refractivity contribution in [3.63, 3.8) is 0 Å². The minimum Gasteiger partial charge on any atom is -0.349 e. The van der Waals surface area contributed by atoms with Crippen molar-refractivity contribution >= 4 is 5.91 Å². The van der Waals surface area contributed by atoms with Crippen LogP contribution in [0.2, 0.25) is 0 Å². The molecule has 118 valence electrons. The highest BCUT2D eigenvalue weighted by Gasteiger charge is 2.32. The number of amides is 1. The number of hydrogen-bond donors (Lipinski definition) is 2. The fourth-order valence-corrected chi connectivity index (χ4v) is 2.74. The molecule has 2 unspecified atom stereocenters. The maximum Gasteiger partial charge on any atom is 0.228 e. The Morgan fingerprint density at radius 1 is 1.19 bits per heavy atom. The van der Waals surface area contributed by atoms with Crippen LogP contribution in [0.3, 0.4) is 0 Å². The van der Waals surface area contributed by atoms with E-state index in [4.69, 9.17) is 5.73 Å². The maximum atomic E-state index is 12.9. The van der Waals surface area contributed by atoms with Crippen molar-refractivity contribution in [3.05, 3.63) is 35.9 Å². The third kappa shape index (κ3) is 4.31. The van der Waals surface area contributed by atoms with Crippen LogP contribution in [0.5, 0.6) is 0 Å². The molecule has 0 heterocycles. The first-order valence-corrected chi connectivity index (χ1v) is 8.10. The van der Waals surface area contributed by atoms with Gasteiger partial charge < -0.3 is 11.1 Å². The molecule has 1 aromatic carbocycles. The summed E-state index contributed by atoms with van der Waals surface area (Å²) in [5, 5.41) is 3.23. The molecule has 0 aliphatic rings. The molecule has 0 aromatic heterocycles. The number of carbonyl (C=O) groups excluding carboxylic acids is 1. The summed E-state index contributed by atoms with van der Waals surface area (Å²) < 4.78 is 0. The van der Waals surface area contributed by atoms with E-state index in [0.717, 1.165) is 24.8 Å². The number of nitrogens with two attached hydrogens (primary N) is 1. The Morgan fingerprint density at radius 3 is 2.19 bits per heavy atom. The third-order valence-electron chi connectivity index (χ3n) is 4.79. The number of benzene rings is 1. The van der Waals surface area contributed by atoms with Gasteiger partial charge in [-0.05, 0) is 24.3 Å². The third-order valence-corrected chi connectivity index (χ3v) is 4.79. The second-order valence-corrected chi connectivity index (χ2v) is 5.95. The van der Waals surface area contributed by atoms with Gasteiger partial charge in [-0.3, -0.25) is 4.79 Å². The van der Waals surface area contributed by atoms with Crippen LogP contribution in [0.25, 0.3) is 0 Å². The molecule has 21 heavy (non-hydrogen) atoms. The zero-order chi connectivity index (χ0) is 15.9. The van der Waals surface area contributed by atoms with E-state index in [1.807, 2.05) is 30.3 Å². The van der Waals surface area contributed by atoms with Crippen LogP contribution in [0.4, 0.5) is 0 Å². The molecule has 1 amide bonds. The molecule has 2 atom stereocenters. The molecule has 3 N–H and O–H groups in total. The number of nitrogens with one attached hydrogen (secondary N) is 1. The van der Waals surface area contributed by atoms with Gasteiger partial charge in [-0.1, -0.05) is 64.4 Å². The van der Waals surface area contributed by atoms with Gasteiger partial charge in [-0.2, -0.15) is 0 Å². The molecule has 0 aliphatic carbocycles. The van der Waals surface area contributed by atoms with E-state index in [-0.39, 0.29) is 17.4 Å². The summed E-state index contributed by atoms with van der Waals surface area (Å²) in [5.74, 6) is 0.293. The Hall–Kier alpha value is -1.35. The molecule has 0 saturated carbocycles. The summed E-state index contributed by atoms with van der Waals surface area (Å²) in [6.45, 7) is 8.91. The van der Waals surface area contributed by atoms with Gasteiger partial charge in [0.25, 0.3) is 0 Å². The Bertz CT molecular complexity index is 418. The number of hydrogen-bond acceptors (Lipinski definition) is 2. The fraction of sp³-hybridized carbons (Fsp3) is 0.611. The van der Waals surface area contributed by atoms with E-state index < -0.39 is 0 Å². The van der Waals surface area contributed by atoms with Crippen LogP contribution in [-0.2, 0) is 4.79 Å². The van der Waals surface area contributed by atoms with Crippen molar-refractivity contribution in [1.82, 2.24) is 5.32 Å². The van der Waals surface area contributed by atoms with Crippen molar-refractivity contribution in [2.75, 3.05) is 6.54 Å². The molecule has 1 rings (SSSR count). The van der Waals surface area contributed by atoms with Crippen LogP contribution < -0.4 is 11.1 Å². The largest absolute Gasteiger partial charge is 0.349 e. The van der Waals surface area contributed by atoms with E-state index in [2.05, 4.69) is 33.0 Å². The van der Waals surface area contributed by atoms with E-state index in [9.17, 15) is 4.79 Å². The van der Waals surface area contributed by atoms with Crippen molar-refractivity contribution < 1.29 is 4.79 Å².